The molecule has 0 aromatic heterocycles. The quantitative estimate of drug-likeness (QED) is 0.0234. The third kappa shape index (κ3) is 34.3. The number of benzene rings is 3. The molecule has 0 radical (unpaired) electrons. The lowest BCUT2D eigenvalue weighted by Gasteiger charge is -2.34. The second-order valence-corrected chi connectivity index (χ2v) is 26.4. The SMILES string of the molecule is CCCCCCCCCCCCCCCCCC(=O)Oc1cc(C(=O)OC2Cc3c(O)cc(O)cc3OC2c2cc(OC(=O)CCCCCCCCCCCCCCCCC)c(O)c(OC(=O)CCCCCCCCCCCCCCCCC)c2)cc(OC(C)=O)c1O. The number of unbranched alkanes of at least 4 members (excludes halogenated alkanes) is 42. The first-order chi connectivity index (χ1) is 45.2. The molecular weight excluding hydrogens is 1180 g/mol. The Morgan fingerprint density at radius 3 is 0.989 bits per heavy atom. The minimum absolute atomic E-state index is 0.0290. The van der Waals surface area contributed by atoms with E-state index in [1.807, 2.05) is 0 Å². The number of phenolic OH excluding ortho intramolecular Hbond substituents is 4. The van der Waals surface area contributed by atoms with Gasteiger partial charge in [0.25, 0.3) is 0 Å². The summed E-state index contributed by atoms with van der Waals surface area (Å²) in [6.07, 6.45) is 49.7. The van der Waals surface area contributed by atoms with Crippen LogP contribution in [0.1, 0.15) is 363 Å². The highest BCUT2D eigenvalue weighted by Gasteiger charge is 2.38. The predicted molar refractivity (Wildman–Crippen MR) is 369 cm³/mol. The molecule has 3 aromatic rings. The van der Waals surface area contributed by atoms with Gasteiger partial charge in [-0.05, 0) is 43.5 Å². The van der Waals surface area contributed by atoms with Crippen molar-refractivity contribution in [3.05, 3.63) is 53.1 Å². The van der Waals surface area contributed by atoms with Gasteiger partial charge in [0.15, 0.2) is 29.1 Å². The molecule has 0 saturated carbocycles. The lowest BCUT2D eigenvalue weighted by Crippen LogP contribution is -2.35. The van der Waals surface area contributed by atoms with Crippen LogP contribution < -0.4 is 23.7 Å². The molecule has 1 heterocycles. The first-order valence-corrected chi connectivity index (χ1v) is 37.2. The number of phenols is 4. The van der Waals surface area contributed by atoms with E-state index in [1.54, 1.807) is 0 Å². The van der Waals surface area contributed by atoms with Gasteiger partial charge in [-0.25, -0.2) is 4.79 Å². The van der Waals surface area contributed by atoms with Crippen molar-refractivity contribution in [2.45, 2.75) is 355 Å². The second kappa shape index (κ2) is 49.5. The highest BCUT2D eigenvalue weighted by molar-refractivity contribution is 5.92. The van der Waals surface area contributed by atoms with Crippen molar-refractivity contribution >= 4 is 29.8 Å². The molecule has 4 N–H and O–H groups in total. The zero-order valence-corrected chi connectivity index (χ0v) is 58.0. The van der Waals surface area contributed by atoms with Crippen LogP contribution in [0, 0.1) is 0 Å². The average Bonchev–Trinajstić information content (AvgIpc) is 0.777. The number of hydrogen-bond donors (Lipinski definition) is 4. The van der Waals surface area contributed by atoms with Crippen LogP contribution in [0.3, 0.4) is 0 Å². The molecule has 1 aliphatic heterocycles. The molecule has 2 unspecified atom stereocenters. The van der Waals surface area contributed by atoms with Gasteiger partial charge in [-0.15, -0.1) is 0 Å². The molecule has 4 rings (SSSR count). The highest BCUT2D eigenvalue weighted by Crippen LogP contribution is 2.47. The summed E-state index contributed by atoms with van der Waals surface area (Å²) in [7, 11) is 0. The minimum atomic E-state index is -1.33. The van der Waals surface area contributed by atoms with Crippen LogP contribution in [0.5, 0.6) is 51.7 Å². The number of carbonyl (C=O) groups is 5. The van der Waals surface area contributed by atoms with Gasteiger partial charge in [0.1, 0.15) is 23.4 Å². The van der Waals surface area contributed by atoms with Crippen molar-refractivity contribution in [1.29, 1.82) is 0 Å². The molecule has 0 fully saturated rings. The van der Waals surface area contributed by atoms with Gasteiger partial charge in [0, 0.05) is 55.9 Å². The minimum Gasteiger partial charge on any atom is -0.508 e. The Hall–Kier alpha value is -5.99. The summed E-state index contributed by atoms with van der Waals surface area (Å²) in [4.78, 5) is 67.2. The Labute approximate surface area is 559 Å². The van der Waals surface area contributed by atoms with Gasteiger partial charge in [0.05, 0.1) is 5.56 Å². The molecule has 0 spiro atoms. The smallest absolute Gasteiger partial charge is 0.338 e. The third-order valence-electron chi connectivity index (χ3n) is 18.0. The maximum absolute atomic E-state index is 14.5. The largest absolute Gasteiger partial charge is 0.508 e. The first kappa shape index (κ1) is 79.4. The molecule has 0 aliphatic carbocycles. The van der Waals surface area contributed by atoms with Crippen molar-refractivity contribution in [3.63, 3.8) is 0 Å². The molecular formula is C78H122O15. The summed E-state index contributed by atoms with van der Waals surface area (Å²) in [5, 5.41) is 44.6. The van der Waals surface area contributed by atoms with Gasteiger partial charge in [-0.2, -0.15) is 0 Å². The fourth-order valence-corrected chi connectivity index (χ4v) is 12.4. The zero-order valence-electron chi connectivity index (χ0n) is 58.0. The van der Waals surface area contributed by atoms with Gasteiger partial charge in [0.2, 0.25) is 11.5 Å². The topological polar surface area (TPSA) is 222 Å². The van der Waals surface area contributed by atoms with Gasteiger partial charge in [-0.3, -0.25) is 19.2 Å². The number of fused-ring (bicyclic) bond motifs is 1. The Kier molecular flexibility index (Phi) is 42.3. The molecule has 2 atom stereocenters. The summed E-state index contributed by atoms with van der Waals surface area (Å²) in [5.41, 5.74) is 0.0138. The summed E-state index contributed by atoms with van der Waals surface area (Å²) in [6, 6.07) is 7.23. The number of aromatic hydroxyl groups is 4. The summed E-state index contributed by atoms with van der Waals surface area (Å²) in [6.45, 7) is 7.83. The third-order valence-corrected chi connectivity index (χ3v) is 18.0. The Balaban J connectivity index is 1.46. The van der Waals surface area contributed by atoms with Crippen LogP contribution in [-0.2, 0) is 30.3 Å². The number of ether oxygens (including phenoxy) is 6. The molecule has 1 aliphatic rings. The van der Waals surface area contributed by atoms with Crippen LogP contribution in [0.4, 0.5) is 0 Å². The van der Waals surface area contributed by atoms with Gasteiger partial charge < -0.3 is 48.8 Å². The molecule has 524 valence electrons. The lowest BCUT2D eigenvalue weighted by molar-refractivity contribution is -0.135. The van der Waals surface area contributed by atoms with E-state index in [0.29, 0.717) is 19.3 Å². The standard InChI is InChI=1S/C78H122O15/c1-5-8-11-14-17-20-23-26-29-32-35-38-41-44-47-50-72(82)89-68-53-61(54-69(76(68)86)90-73(83)51-48-45-42-39-36-33-30-27-24-21-18-15-12-9-6-2)77-71(59-64-65(81)57-63(80)58-66(64)92-77)93-78(87)62-55-67(88-60(4)79)75(85)70(56-62)91-74(84)52-49-46-43-40-37-34-31-28-25-22-19-16-13-10-7-3/h53-58,71,77,80-81,85-86H,5-52,59H2,1-4H3. The first-order valence-electron chi connectivity index (χ1n) is 37.2. The van der Waals surface area contributed by atoms with Crippen LogP contribution in [0.15, 0.2) is 36.4 Å². The maximum Gasteiger partial charge on any atom is 0.338 e. The van der Waals surface area contributed by atoms with Crippen molar-refractivity contribution in [1.82, 2.24) is 0 Å². The molecule has 93 heavy (non-hydrogen) atoms. The second-order valence-electron chi connectivity index (χ2n) is 26.4. The molecule has 15 heteroatoms. The Bertz CT molecular complexity index is 2510. The monoisotopic (exact) mass is 1300 g/mol. The van der Waals surface area contributed by atoms with Crippen LogP contribution in [0.2, 0.25) is 0 Å². The zero-order chi connectivity index (χ0) is 67.1. The Morgan fingerprint density at radius 1 is 0.387 bits per heavy atom. The van der Waals surface area contributed by atoms with Crippen LogP contribution >= 0.6 is 0 Å². The molecule has 0 bridgehead atoms. The van der Waals surface area contributed by atoms with E-state index in [-0.39, 0.29) is 71.1 Å². The fraction of sp³-hybridized carbons (Fsp3) is 0.705. The number of rotatable bonds is 55. The maximum atomic E-state index is 14.5. The number of hydrogen-bond acceptors (Lipinski definition) is 15. The van der Waals surface area contributed by atoms with E-state index in [4.69, 9.17) is 28.4 Å². The number of carbonyl (C=O) groups excluding carboxylic acids is 5. The predicted octanol–water partition coefficient (Wildman–Crippen LogP) is 21.8. The highest BCUT2D eigenvalue weighted by atomic mass is 16.6. The molecule has 0 amide bonds. The molecule has 15 nitrogen and oxygen atoms in total. The van der Waals surface area contributed by atoms with Crippen molar-refractivity contribution in [3.8, 4) is 51.7 Å². The van der Waals surface area contributed by atoms with E-state index in [1.165, 1.54) is 211 Å². The van der Waals surface area contributed by atoms with Crippen molar-refractivity contribution in [2.24, 2.45) is 0 Å². The summed E-state index contributed by atoms with van der Waals surface area (Å²) in [5.74, 6) is -7.28. The normalized spacial score (nSPS) is 13.5. The summed E-state index contributed by atoms with van der Waals surface area (Å²) >= 11 is 0. The van der Waals surface area contributed by atoms with E-state index in [2.05, 4.69) is 20.8 Å². The van der Waals surface area contributed by atoms with Crippen molar-refractivity contribution < 1.29 is 72.8 Å². The van der Waals surface area contributed by atoms with Crippen LogP contribution in [-0.4, -0.2) is 56.4 Å². The Morgan fingerprint density at radius 2 is 0.677 bits per heavy atom. The van der Waals surface area contributed by atoms with E-state index in [0.717, 1.165) is 102 Å². The number of esters is 5. The molecule has 0 saturated heterocycles. The fourth-order valence-electron chi connectivity index (χ4n) is 12.4. The lowest BCUT2D eigenvalue weighted by atomic mass is 9.93. The van der Waals surface area contributed by atoms with Crippen molar-refractivity contribution in [2.75, 3.05) is 0 Å². The molecule has 3 aromatic carbocycles. The van der Waals surface area contributed by atoms with Gasteiger partial charge in [-0.1, -0.05) is 290 Å². The van der Waals surface area contributed by atoms with E-state index < -0.39 is 65.1 Å². The van der Waals surface area contributed by atoms with E-state index >= 15 is 0 Å². The summed E-state index contributed by atoms with van der Waals surface area (Å²) < 4.78 is 35.2. The van der Waals surface area contributed by atoms with Gasteiger partial charge >= 0.3 is 29.8 Å². The average molecular weight is 1300 g/mol. The van der Waals surface area contributed by atoms with E-state index in [9.17, 15) is 44.4 Å². The van der Waals surface area contributed by atoms with Crippen LogP contribution in [0.25, 0.3) is 0 Å².